The average molecular weight is 363 g/mol. The van der Waals surface area contributed by atoms with E-state index in [1.54, 1.807) is 12.1 Å². The molecule has 0 radical (unpaired) electrons. The first kappa shape index (κ1) is 19.4. The molecule has 0 unspecified atom stereocenters. The fraction of sp³-hybridized carbons (Fsp3) is 0.421. The molecule has 1 N–H and O–H groups in total. The molecule has 2 aromatic rings. The van der Waals surface area contributed by atoms with E-state index in [0.717, 1.165) is 12.0 Å². The number of carbonyl (C=O) groups is 1. The number of hydrogen-bond donors (Lipinski definition) is 1. The molecular formula is C19H25NO4S. The van der Waals surface area contributed by atoms with Crippen LogP contribution in [0.1, 0.15) is 40.8 Å². The maximum absolute atomic E-state index is 12.3. The lowest BCUT2D eigenvalue weighted by Crippen LogP contribution is -2.24. The third-order valence-corrected chi connectivity index (χ3v) is 4.85. The van der Waals surface area contributed by atoms with Gasteiger partial charge < -0.3 is 14.5 Å². The third kappa shape index (κ3) is 6.84. The van der Waals surface area contributed by atoms with Crippen LogP contribution < -0.4 is 5.32 Å². The highest BCUT2D eigenvalue weighted by Gasteiger charge is 2.12. The summed E-state index contributed by atoms with van der Waals surface area (Å²) in [5, 5.41) is 2.78. The monoisotopic (exact) mass is 363 g/mol. The lowest BCUT2D eigenvalue weighted by Gasteiger charge is -2.04. The zero-order valence-electron chi connectivity index (χ0n) is 14.7. The van der Waals surface area contributed by atoms with Gasteiger partial charge in [-0.15, -0.1) is 0 Å². The zero-order chi connectivity index (χ0) is 18.1. The van der Waals surface area contributed by atoms with Gasteiger partial charge >= 0.3 is 0 Å². The second-order valence-corrected chi connectivity index (χ2v) is 7.24. The van der Waals surface area contributed by atoms with Gasteiger partial charge in [-0.25, -0.2) is 0 Å². The van der Waals surface area contributed by atoms with E-state index in [0.29, 0.717) is 37.0 Å². The lowest BCUT2D eigenvalue weighted by atomic mass is 10.2. The molecule has 136 valence electrons. The van der Waals surface area contributed by atoms with Crippen LogP contribution in [-0.2, 0) is 27.0 Å². The summed E-state index contributed by atoms with van der Waals surface area (Å²) in [4.78, 5) is 12.0. The Balaban J connectivity index is 1.78. The van der Waals surface area contributed by atoms with Crippen LogP contribution in [0.4, 0.5) is 0 Å². The first-order valence-electron chi connectivity index (χ1n) is 8.43. The number of aryl methyl sites for hydroxylation is 1. The number of furan rings is 1. The molecule has 0 fully saturated rings. The van der Waals surface area contributed by atoms with Crippen LogP contribution in [0.2, 0.25) is 0 Å². The Kier molecular flexibility index (Phi) is 7.88. The van der Waals surface area contributed by atoms with Gasteiger partial charge in [0, 0.05) is 36.3 Å². The molecule has 1 atom stereocenters. The van der Waals surface area contributed by atoms with E-state index in [1.165, 1.54) is 5.56 Å². The Labute approximate surface area is 151 Å². The van der Waals surface area contributed by atoms with Crippen molar-refractivity contribution >= 4 is 16.7 Å². The molecule has 25 heavy (non-hydrogen) atoms. The quantitative estimate of drug-likeness (QED) is 0.658. The van der Waals surface area contributed by atoms with Crippen molar-refractivity contribution in [1.29, 1.82) is 0 Å². The van der Waals surface area contributed by atoms with Gasteiger partial charge in [0.2, 0.25) is 0 Å². The third-order valence-electron chi connectivity index (χ3n) is 3.59. The summed E-state index contributed by atoms with van der Waals surface area (Å²) in [6, 6.07) is 11.3. The molecule has 0 bridgehead atoms. The number of rotatable bonds is 10. The van der Waals surface area contributed by atoms with Crippen molar-refractivity contribution in [3.8, 4) is 0 Å². The number of amides is 1. The largest absolute Gasteiger partial charge is 0.455 e. The summed E-state index contributed by atoms with van der Waals surface area (Å²) in [6.45, 7) is 5.79. The molecule has 1 aromatic carbocycles. The van der Waals surface area contributed by atoms with E-state index < -0.39 is 10.8 Å². The van der Waals surface area contributed by atoms with Crippen molar-refractivity contribution in [3.63, 3.8) is 0 Å². The summed E-state index contributed by atoms with van der Waals surface area (Å²) >= 11 is 0. The second kappa shape index (κ2) is 10.2. The van der Waals surface area contributed by atoms with Crippen LogP contribution in [0.15, 0.2) is 40.8 Å². The van der Waals surface area contributed by atoms with Gasteiger partial charge in [-0.2, -0.15) is 0 Å². The SMILES string of the molecule is CCOCCCNC(=O)c1ccc(C[S@@](=O)Cc2ccc(C)cc2)o1. The highest BCUT2D eigenvalue weighted by Crippen LogP contribution is 2.13. The van der Waals surface area contributed by atoms with Crippen LogP contribution in [-0.4, -0.2) is 29.9 Å². The van der Waals surface area contributed by atoms with Crippen LogP contribution in [0, 0.1) is 6.92 Å². The standard InChI is InChI=1S/C19H25NO4S/c1-3-23-12-4-11-20-19(21)18-10-9-17(24-18)14-25(22)13-16-7-5-15(2)6-8-16/h5-10H,3-4,11-14H2,1-2H3,(H,20,21)/t25-/m0/s1. The fourth-order valence-corrected chi connectivity index (χ4v) is 3.40. The summed E-state index contributed by atoms with van der Waals surface area (Å²) < 4.78 is 23.0. The molecule has 0 spiro atoms. The molecule has 0 saturated carbocycles. The van der Waals surface area contributed by atoms with E-state index in [4.69, 9.17) is 9.15 Å². The molecule has 0 aliphatic rings. The minimum Gasteiger partial charge on any atom is -0.455 e. The van der Waals surface area contributed by atoms with Crippen LogP contribution >= 0.6 is 0 Å². The predicted octanol–water partition coefficient (Wildman–Crippen LogP) is 3.19. The van der Waals surface area contributed by atoms with Crippen molar-refractivity contribution < 1.29 is 18.2 Å². The van der Waals surface area contributed by atoms with E-state index in [2.05, 4.69) is 5.32 Å². The molecule has 0 aliphatic carbocycles. The Morgan fingerprint density at radius 1 is 1.16 bits per heavy atom. The van der Waals surface area contributed by atoms with Gasteiger partial charge in [0.25, 0.3) is 5.91 Å². The van der Waals surface area contributed by atoms with E-state index in [1.807, 2.05) is 38.1 Å². The molecule has 5 nitrogen and oxygen atoms in total. The van der Waals surface area contributed by atoms with Crippen molar-refractivity contribution in [2.45, 2.75) is 31.8 Å². The fourth-order valence-electron chi connectivity index (χ4n) is 2.27. The zero-order valence-corrected chi connectivity index (χ0v) is 15.6. The number of carbonyl (C=O) groups excluding carboxylic acids is 1. The lowest BCUT2D eigenvalue weighted by molar-refractivity contribution is 0.0915. The summed E-state index contributed by atoms with van der Waals surface area (Å²) in [6.07, 6.45) is 0.758. The Morgan fingerprint density at radius 3 is 2.64 bits per heavy atom. The normalized spacial score (nSPS) is 12.1. The highest BCUT2D eigenvalue weighted by atomic mass is 32.2. The minimum atomic E-state index is -1.08. The van der Waals surface area contributed by atoms with E-state index in [-0.39, 0.29) is 11.7 Å². The number of nitrogens with one attached hydrogen (secondary N) is 1. The molecule has 1 aromatic heterocycles. The first-order chi connectivity index (χ1) is 12.1. The van der Waals surface area contributed by atoms with Crippen molar-refractivity contribution in [2.75, 3.05) is 19.8 Å². The summed E-state index contributed by atoms with van der Waals surface area (Å²) in [7, 11) is -1.08. The van der Waals surface area contributed by atoms with Crippen LogP contribution in [0.5, 0.6) is 0 Å². The number of ether oxygens (including phenoxy) is 1. The molecule has 0 aliphatic heterocycles. The molecule has 1 heterocycles. The van der Waals surface area contributed by atoms with Crippen LogP contribution in [0.25, 0.3) is 0 Å². The van der Waals surface area contributed by atoms with Gasteiger partial charge in [0.15, 0.2) is 5.76 Å². The van der Waals surface area contributed by atoms with Crippen molar-refractivity contribution in [3.05, 3.63) is 59.0 Å². The number of hydrogen-bond acceptors (Lipinski definition) is 4. The van der Waals surface area contributed by atoms with Crippen LogP contribution in [0.3, 0.4) is 0 Å². The Hall–Kier alpha value is -1.92. The van der Waals surface area contributed by atoms with E-state index >= 15 is 0 Å². The minimum absolute atomic E-state index is 0.249. The topological polar surface area (TPSA) is 68.5 Å². The van der Waals surface area contributed by atoms with Crippen molar-refractivity contribution in [2.24, 2.45) is 0 Å². The predicted molar refractivity (Wildman–Crippen MR) is 98.9 cm³/mol. The van der Waals surface area contributed by atoms with Crippen molar-refractivity contribution in [1.82, 2.24) is 5.32 Å². The maximum Gasteiger partial charge on any atom is 0.286 e. The average Bonchev–Trinajstić information content (AvgIpc) is 3.05. The summed E-state index contributed by atoms with van der Waals surface area (Å²) in [5.74, 6) is 1.32. The van der Waals surface area contributed by atoms with E-state index in [9.17, 15) is 9.00 Å². The van der Waals surface area contributed by atoms with Gasteiger partial charge in [-0.3, -0.25) is 9.00 Å². The highest BCUT2D eigenvalue weighted by molar-refractivity contribution is 7.83. The first-order valence-corrected chi connectivity index (χ1v) is 9.92. The molecule has 1 amide bonds. The summed E-state index contributed by atoms with van der Waals surface area (Å²) in [5.41, 5.74) is 2.21. The number of benzene rings is 1. The van der Waals surface area contributed by atoms with Gasteiger partial charge in [0.05, 0.1) is 5.75 Å². The molecule has 0 saturated heterocycles. The second-order valence-electron chi connectivity index (χ2n) is 5.79. The molecule has 6 heteroatoms. The Bertz CT molecular complexity index is 694. The van der Waals surface area contributed by atoms with Gasteiger partial charge in [-0.05, 0) is 38.0 Å². The Morgan fingerprint density at radius 2 is 1.92 bits per heavy atom. The van der Waals surface area contributed by atoms with Gasteiger partial charge in [-0.1, -0.05) is 29.8 Å². The molecular weight excluding hydrogens is 338 g/mol. The smallest absolute Gasteiger partial charge is 0.286 e. The van der Waals surface area contributed by atoms with Gasteiger partial charge in [0.1, 0.15) is 5.76 Å². The maximum atomic E-state index is 12.3. The molecule has 2 rings (SSSR count).